The van der Waals surface area contributed by atoms with Crippen LogP contribution in [0.2, 0.25) is 0 Å². The molecule has 1 fully saturated rings. The van der Waals surface area contributed by atoms with E-state index >= 15 is 0 Å². The molecule has 5 rings (SSSR count). The summed E-state index contributed by atoms with van der Waals surface area (Å²) in [5.41, 5.74) is 3.90. The lowest BCUT2D eigenvalue weighted by Gasteiger charge is -2.35. The minimum Gasteiger partial charge on any atom is -0.492 e. The van der Waals surface area contributed by atoms with E-state index in [2.05, 4.69) is 5.32 Å². The molecule has 2 amide bonds. The van der Waals surface area contributed by atoms with Crippen molar-refractivity contribution < 1.29 is 22.7 Å². The number of hydrogen-bond acceptors (Lipinski definition) is 5. The fourth-order valence-electron chi connectivity index (χ4n) is 6.18. The summed E-state index contributed by atoms with van der Waals surface area (Å²) in [4.78, 5) is 30.6. The van der Waals surface area contributed by atoms with Gasteiger partial charge in [-0.2, -0.15) is 0 Å². The largest absolute Gasteiger partial charge is 0.492 e. The van der Waals surface area contributed by atoms with Gasteiger partial charge in [-0.1, -0.05) is 97.3 Å². The summed E-state index contributed by atoms with van der Waals surface area (Å²) in [7, 11) is -4.24. The van der Waals surface area contributed by atoms with Gasteiger partial charge in [-0.25, -0.2) is 8.42 Å². The van der Waals surface area contributed by atoms with Crippen molar-refractivity contribution in [1.82, 2.24) is 10.2 Å². The molecule has 252 valence electrons. The van der Waals surface area contributed by atoms with Gasteiger partial charge in [0.25, 0.3) is 10.0 Å². The number of para-hydroxylation sites is 2. The van der Waals surface area contributed by atoms with Gasteiger partial charge >= 0.3 is 0 Å². The van der Waals surface area contributed by atoms with Crippen molar-refractivity contribution in [2.45, 2.75) is 76.4 Å². The van der Waals surface area contributed by atoms with Crippen LogP contribution in [-0.2, 0) is 32.6 Å². The molecular formula is C39H45N3O5S. The summed E-state index contributed by atoms with van der Waals surface area (Å²) >= 11 is 0. The van der Waals surface area contributed by atoms with Crippen LogP contribution in [0.15, 0.2) is 108 Å². The van der Waals surface area contributed by atoms with Gasteiger partial charge in [-0.15, -0.1) is 0 Å². The molecule has 0 saturated heterocycles. The number of rotatable bonds is 14. The van der Waals surface area contributed by atoms with Gasteiger partial charge in [0.05, 0.1) is 17.2 Å². The number of nitrogens with one attached hydrogen (secondary N) is 1. The first-order valence-corrected chi connectivity index (χ1v) is 18.1. The molecule has 0 bridgehead atoms. The number of sulfonamides is 1. The molecule has 0 aliphatic heterocycles. The van der Waals surface area contributed by atoms with Crippen molar-refractivity contribution in [2.75, 3.05) is 17.5 Å². The highest BCUT2D eigenvalue weighted by Crippen LogP contribution is 2.33. The van der Waals surface area contributed by atoms with Crippen molar-refractivity contribution in [3.63, 3.8) is 0 Å². The van der Waals surface area contributed by atoms with E-state index in [-0.39, 0.29) is 35.5 Å². The fraction of sp³-hybridized carbons (Fsp3) is 0.333. The Labute approximate surface area is 284 Å². The second-order valence-electron chi connectivity index (χ2n) is 12.4. The SMILES string of the molecule is CCOc1ccccc1N(CC(=O)N(Cc1ccccc1C)C(Cc1ccccc1)C(=O)NC1CCCC1)S(=O)(=O)c1ccc(C)cc1. The third-order valence-corrected chi connectivity index (χ3v) is 10.7. The van der Waals surface area contributed by atoms with Gasteiger partial charge in [-0.3, -0.25) is 13.9 Å². The molecule has 1 atom stereocenters. The number of hydrogen-bond donors (Lipinski definition) is 1. The van der Waals surface area contributed by atoms with Gasteiger partial charge in [-0.05, 0) is 74.6 Å². The molecule has 0 aromatic heterocycles. The Morgan fingerprint density at radius 2 is 1.50 bits per heavy atom. The zero-order valence-electron chi connectivity index (χ0n) is 28.0. The lowest BCUT2D eigenvalue weighted by atomic mass is 10.0. The van der Waals surface area contributed by atoms with E-state index in [9.17, 15) is 18.0 Å². The van der Waals surface area contributed by atoms with Crippen LogP contribution in [0.5, 0.6) is 5.75 Å². The molecule has 0 radical (unpaired) electrons. The molecule has 1 aliphatic rings. The van der Waals surface area contributed by atoms with Crippen molar-refractivity contribution in [2.24, 2.45) is 0 Å². The highest BCUT2D eigenvalue weighted by atomic mass is 32.2. The van der Waals surface area contributed by atoms with E-state index in [1.807, 2.05) is 75.4 Å². The molecule has 0 heterocycles. The van der Waals surface area contributed by atoms with Gasteiger partial charge in [0.2, 0.25) is 11.8 Å². The predicted octanol–water partition coefficient (Wildman–Crippen LogP) is 6.60. The number of ether oxygens (including phenoxy) is 1. The average Bonchev–Trinajstić information content (AvgIpc) is 3.60. The summed E-state index contributed by atoms with van der Waals surface area (Å²) in [5, 5.41) is 3.22. The fourth-order valence-corrected chi connectivity index (χ4v) is 7.61. The van der Waals surface area contributed by atoms with Crippen molar-refractivity contribution in [3.8, 4) is 5.75 Å². The number of anilines is 1. The molecule has 1 saturated carbocycles. The van der Waals surface area contributed by atoms with Gasteiger partial charge < -0.3 is 15.0 Å². The first-order chi connectivity index (χ1) is 23.2. The molecule has 1 unspecified atom stereocenters. The number of aryl methyl sites for hydroxylation is 2. The van der Waals surface area contributed by atoms with Gasteiger partial charge in [0, 0.05) is 19.0 Å². The molecule has 1 N–H and O–H groups in total. The van der Waals surface area contributed by atoms with Crippen molar-refractivity contribution in [3.05, 3.63) is 125 Å². The lowest BCUT2D eigenvalue weighted by molar-refractivity contribution is -0.140. The molecule has 0 spiro atoms. The lowest BCUT2D eigenvalue weighted by Crippen LogP contribution is -2.54. The maximum absolute atomic E-state index is 14.8. The Morgan fingerprint density at radius 1 is 0.854 bits per heavy atom. The minimum atomic E-state index is -4.24. The highest BCUT2D eigenvalue weighted by Gasteiger charge is 2.36. The molecular weight excluding hydrogens is 623 g/mol. The van der Waals surface area contributed by atoms with Crippen LogP contribution >= 0.6 is 0 Å². The summed E-state index contributed by atoms with van der Waals surface area (Å²) in [6, 6.07) is 29.9. The van der Waals surface area contributed by atoms with Crippen LogP contribution < -0.4 is 14.4 Å². The number of carbonyl (C=O) groups is 2. The Kier molecular flexibility index (Phi) is 11.5. The van der Waals surface area contributed by atoms with E-state index in [1.54, 1.807) is 53.4 Å². The quantitative estimate of drug-likeness (QED) is 0.164. The maximum atomic E-state index is 14.8. The Bertz CT molecular complexity index is 1790. The van der Waals surface area contributed by atoms with E-state index < -0.39 is 28.5 Å². The Hall–Kier alpha value is -4.63. The second kappa shape index (κ2) is 16.0. The van der Waals surface area contributed by atoms with Crippen molar-refractivity contribution >= 4 is 27.5 Å². The second-order valence-corrected chi connectivity index (χ2v) is 14.2. The minimum absolute atomic E-state index is 0.0441. The summed E-state index contributed by atoms with van der Waals surface area (Å²) in [5.74, 6) is -0.396. The molecule has 9 heteroatoms. The highest BCUT2D eigenvalue weighted by molar-refractivity contribution is 7.92. The molecule has 4 aromatic carbocycles. The Morgan fingerprint density at radius 3 is 2.19 bits per heavy atom. The first-order valence-electron chi connectivity index (χ1n) is 16.7. The third-order valence-electron chi connectivity index (χ3n) is 8.90. The number of nitrogens with zero attached hydrogens (tertiary/aromatic N) is 2. The number of benzene rings is 4. The van der Waals surface area contributed by atoms with Crippen LogP contribution in [0.1, 0.15) is 54.9 Å². The molecule has 8 nitrogen and oxygen atoms in total. The topological polar surface area (TPSA) is 96.0 Å². The summed E-state index contributed by atoms with van der Waals surface area (Å²) in [6.45, 7) is 5.58. The monoisotopic (exact) mass is 667 g/mol. The zero-order chi connectivity index (χ0) is 34.1. The normalized spacial score (nSPS) is 13.9. The number of amides is 2. The smallest absolute Gasteiger partial charge is 0.264 e. The van der Waals surface area contributed by atoms with Crippen LogP contribution in [0.25, 0.3) is 0 Å². The molecule has 4 aromatic rings. The summed E-state index contributed by atoms with van der Waals surface area (Å²) < 4.78 is 35.8. The van der Waals surface area contributed by atoms with E-state index in [0.29, 0.717) is 12.4 Å². The maximum Gasteiger partial charge on any atom is 0.264 e. The molecule has 1 aliphatic carbocycles. The Balaban J connectivity index is 1.60. The van der Waals surface area contributed by atoms with Gasteiger partial charge in [0.1, 0.15) is 18.3 Å². The van der Waals surface area contributed by atoms with Crippen LogP contribution in [-0.4, -0.2) is 50.4 Å². The van der Waals surface area contributed by atoms with Crippen LogP contribution in [0, 0.1) is 13.8 Å². The predicted molar refractivity (Wildman–Crippen MR) is 189 cm³/mol. The summed E-state index contributed by atoms with van der Waals surface area (Å²) in [6.07, 6.45) is 4.16. The van der Waals surface area contributed by atoms with E-state index in [1.165, 1.54) is 0 Å². The number of carbonyl (C=O) groups excluding carboxylic acids is 2. The average molecular weight is 668 g/mol. The van der Waals surface area contributed by atoms with E-state index in [0.717, 1.165) is 52.2 Å². The van der Waals surface area contributed by atoms with Crippen LogP contribution in [0.3, 0.4) is 0 Å². The zero-order valence-corrected chi connectivity index (χ0v) is 28.8. The third kappa shape index (κ3) is 8.44. The van der Waals surface area contributed by atoms with Crippen molar-refractivity contribution in [1.29, 1.82) is 0 Å². The van der Waals surface area contributed by atoms with E-state index in [4.69, 9.17) is 4.74 Å². The van der Waals surface area contributed by atoms with Crippen LogP contribution in [0.4, 0.5) is 5.69 Å². The standard InChI is InChI=1S/C39H45N3O5S/c1-4-47-37-21-13-12-20-35(37)42(48(45,46)34-24-22-29(2)23-25-34)28-38(43)41(27-32-17-9-8-14-30(32)3)36(26-31-15-6-5-7-16-31)39(44)40-33-18-10-11-19-33/h5-9,12-17,20-25,33,36H,4,10-11,18-19,26-28H2,1-3H3,(H,40,44). The van der Waals surface area contributed by atoms with Gasteiger partial charge in [0.15, 0.2) is 0 Å². The first kappa shape index (κ1) is 34.7. The molecule has 48 heavy (non-hydrogen) atoms.